The highest BCUT2D eigenvalue weighted by Gasteiger charge is 2.23. The van der Waals surface area contributed by atoms with E-state index in [9.17, 15) is 14.9 Å². The Morgan fingerprint density at radius 1 is 1.65 bits per heavy atom. The van der Waals surface area contributed by atoms with E-state index in [1.807, 2.05) is 18.1 Å². The van der Waals surface area contributed by atoms with Gasteiger partial charge in [0.25, 0.3) is 0 Å². The van der Waals surface area contributed by atoms with E-state index in [4.69, 9.17) is 5.11 Å². The number of pyridine rings is 1. The van der Waals surface area contributed by atoms with Crippen LogP contribution >= 0.6 is 11.8 Å². The lowest BCUT2D eigenvalue weighted by atomic mass is 10.2. The number of hydrogen-bond donors (Lipinski definition) is 1. The summed E-state index contributed by atoms with van der Waals surface area (Å²) in [7, 11) is 1.80. The van der Waals surface area contributed by atoms with Gasteiger partial charge in [-0.1, -0.05) is 0 Å². The van der Waals surface area contributed by atoms with Crippen molar-refractivity contribution < 1.29 is 14.8 Å². The number of aromatic carboxylic acids is 1. The van der Waals surface area contributed by atoms with Crippen molar-refractivity contribution >= 4 is 29.2 Å². The number of nitro groups is 1. The highest BCUT2D eigenvalue weighted by molar-refractivity contribution is 7.98. The van der Waals surface area contributed by atoms with Crippen molar-refractivity contribution in [2.75, 3.05) is 24.0 Å². The van der Waals surface area contributed by atoms with Gasteiger partial charge in [0.15, 0.2) is 0 Å². The van der Waals surface area contributed by atoms with Crippen LogP contribution in [0.5, 0.6) is 0 Å². The van der Waals surface area contributed by atoms with Gasteiger partial charge in [0, 0.05) is 19.2 Å². The molecule has 1 rings (SSSR count). The lowest BCUT2D eigenvalue weighted by molar-refractivity contribution is -0.385. The summed E-state index contributed by atoms with van der Waals surface area (Å²) in [5, 5.41) is 19.8. The first-order valence-electron chi connectivity index (χ1n) is 5.98. The molecule has 0 fully saturated rings. The molecular weight excluding hydrogens is 282 g/mol. The minimum Gasteiger partial charge on any atom is -0.477 e. The van der Waals surface area contributed by atoms with Crippen LogP contribution in [0.4, 0.5) is 11.5 Å². The molecule has 1 aromatic rings. The number of thioether (sulfide) groups is 1. The highest BCUT2D eigenvalue weighted by Crippen LogP contribution is 2.23. The summed E-state index contributed by atoms with van der Waals surface area (Å²) < 4.78 is 0. The summed E-state index contributed by atoms with van der Waals surface area (Å²) in [6, 6.07) is 1.41. The van der Waals surface area contributed by atoms with Gasteiger partial charge in [-0.2, -0.15) is 11.8 Å². The summed E-state index contributed by atoms with van der Waals surface area (Å²) in [4.78, 5) is 26.9. The Bertz CT molecular complexity index is 509. The minimum atomic E-state index is -1.33. The van der Waals surface area contributed by atoms with Crippen LogP contribution < -0.4 is 4.90 Å². The molecule has 1 N–H and O–H groups in total. The molecule has 1 heterocycles. The van der Waals surface area contributed by atoms with Crippen LogP contribution in [0, 0.1) is 10.1 Å². The highest BCUT2D eigenvalue weighted by atomic mass is 32.2. The van der Waals surface area contributed by atoms with Crippen LogP contribution in [0.25, 0.3) is 0 Å². The largest absolute Gasteiger partial charge is 0.477 e. The molecule has 20 heavy (non-hydrogen) atoms. The molecule has 0 aliphatic rings. The Labute approximate surface area is 121 Å². The van der Waals surface area contributed by atoms with Gasteiger partial charge in [-0.25, -0.2) is 9.78 Å². The van der Waals surface area contributed by atoms with Gasteiger partial charge < -0.3 is 10.0 Å². The average molecular weight is 299 g/mol. The van der Waals surface area contributed by atoms with Gasteiger partial charge in [0.05, 0.1) is 4.92 Å². The van der Waals surface area contributed by atoms with Crippen molar-refractivity contribution in [3.63, 3.8) is 0 Å². The topological polar surface area (TPSA) is 96.6 Å². The lowest BCUT2D eigenvalue weighted by Gasteiger charge is -2.25. The zero-order chi connectivity index (χ0) is 15.3. The number of aromatic nitrogens is 1. The van der Waals surface area contributed by atoms with Crippen molar-refractivity contribution in [3.05, 3.63) is 27.9 Å². The maximum Gasteiger partial charge on any atom is 0.342 e. The second-order valence-electron chi connectivity index (χ2n) is 4.36. The van der Waals surface area contributed by atoms with Crippen molar-refractivity contribution in [2.45, 2.75) is 19.4 Å². The first-order valence-corrected chi connectivity index (χ1v) is 7.37. The van der Waals surface area contributed by atoms with E-state index in [0.29, 0.717) is 5.82 Å². The number of carboxylic acids is 1. The normalized spacial score (nSPS) is 11.9. The first kappa shape index (κ1) is 16.2. The quantitative estimate of drug-likeness (QED) is 0.609. The number of nitrogens with zero attached hydrogens (tertiary/aromatic N) is 3. The smallest absolute Gasteiger partial charge is 0.342 e. The number of carboxylic acid groups (broad SMARTS) is 1. The molecule has 0 radical (unpaired) electrons. The van der Waals surface area contributed by atoms with Crippen LogP contribution in [0.15, 0.2) is 12.3 Å². The van der Waals surface area contributed by atoms with Crippen LogP contribution in [0.2, 0.25) is 0 Å². The number of carbonyl (C=O) groups is 1. The van der Waals surface area contributed by atoms with Gasteiger partial charge in [0.1, 0.15) is 17.6 Å². The Morgan fingerprint density at radius 3 is 2.80 bits per heavy atom. The number of hydrogen-bond acceptors (Lipinski definition) is 6. The van der Waals surface area contributed by atoms with Gasteiger partial charge >= 0.3 is 11.7 Å². The fourth-order valence-corrected chi connectivity index (χ4v) is 2.23. The summed E-state index contributed by atoms with van der Waals surface area (Å²) in [6.07, 6.45) is 3.93. The molecule has 0 bridgehead atoms. The molecule has 0 spiro atoms. The monoisotopic (exact) mass is 299 g/mol. The molecule has 0 saturated heterocycles. The van der Waals surface area contributed by atoms with Gasteiger partial charge in [-0.15, -0.1) is 0 Å². The van der Waals surface area contributed by atoms with Gasteiger partial charge in [-0.05, 0) is 25.4 Å². The van der Waals surface area contributed by atoms with Crippen molar-refractivity contribution in [1.29, 1.82) is 0 Å². The predicted molar refractivity (Wildman–Crippen MR) is 78.7 cm³/mol. The third-order valence-corrected chi connectivity index (χ3v) is 3.70. The molecule has 0 aromatic carbocycles. The van der Waals surface area contributed by atoms with Crippen LogP contribution in [0.1, 0.15) is 23.7 Å². The molecule has 1 aromatic heterocycles. The number of anilines is 1. The Balaban J connectivity index is 3.05. The molecule has 0 saturated carbocycles. The van der Waals surface area contributed by atoms with Crippen molar-refractivity contribution in [2.24, 2.45) is 0 Å². The Hall–Kier alpha value is -1.83. The van der Waals surface area contributed by atoms with E-state index < -0.39 is 16.6 Å². The van der Waals surface area contributed by atoms with E-state index in [-0.39, 0.29) is 11.6 Å². The molecule has 7 nitrogen and oxygen atoms in total. The summed E-state index contributed by atoms with van der Waals surface area (Å²) in [6.45, 7) is 2.00. The third kappa shape index (κ3) is 3.83. The molecule has 0 aliphatic carbocycles. The Kier molecular flexibility index (Phi) is 5.75. The zero-order valence-corrected chi connectivity index (χ0v) is 12.4. The fourth-order valence-electron chi connectivity index (χ4n) is 1.65. The third-order valence-electron chi connectivity index (χ3n) is 3.06. The average Bonchev–Trinajstić information content (AvgIpc) is 2.42. The standard InChI is InChI=1S/C12H17N3O4S/c1-8(4-5-20-3)14(2)11-6-9(12(16)17)10(7-13-11)15(18)19/h6-8H,4-5H2,1-3H3,(H,16,17). The van der Waals surface area contributed by atoms with Crippen LogP contribution in [-0.2, 0) is 0 Å². The minimum absolute atomic E-state index is 0.165. The maximum absolute atomic E-state index is 11.1. The van der Waals surface area contributed by atoms with Crippen LogP contribution in [0.3, 0.4) is 0 Å². The fraction of sp³-hybridized carbons (Fsp3) is 0.500. The molecule has 110 valence electrons. The molecule has 8 heteroatoms. The molecular formula is C12H17N3O4S. The van der Waals surface area contributed by atoms with Crippen molar-refractivity contribution in [1.82, 2.24) is 4.98 Å². The van der Waals surface area contributed by atoms with Gasteiger partial charge in [0.2, 0.25) is 0 Å². The summed E-state index contributed by atoms with van der Waals surface area (Å²) in [5.74, 6) is 0.0664. The van der Waals surface area contributed by atoms with Crippen LogP contribution in [-0.4, -0.2) is 46.1 Å². The van der Waals surface area contributed by atoms with E-state index in [1.54, 1.807) is 18.8 Å². The second kappa shape index (κ2) is 7.09. The first-order chi connectivity index (χ1) is 9.38. The molecule has 0 amide bonds. The van der Waals surface area contributed by atoms with Gasteiger partial charge in [-0.3, -0.25) is 10.1 Å². The zero-order valence-electron chi connectivity index (χ0n) is 11.6. The molecule has 1 atom stereocenters. The SMILES string of the molecule is CSCCC(C)N(C)c1cc(C(=O)O)c([N+](=O)[O-])cn1. The van der Waals surface area contributed by atoms with Crippen molar-refractivity contribution in [3.8, 4) is 0 Å². The molecule has 0 aliphatic heterocycles. The summed E-state index contributed by atoms with van der Waals surface area (Å²) >= 11 is 1.73. The second-order valence-corrected chi connectivity index (χ2v) is 5.35. The number of rotatable bonds is 7. The van der Waals surface area contributed by atoms with E-state index in [2.05, 4.69) is 4.98 Å². The van der Waals surface area contributed by atoms with E-state index >= 15 is 0 Å². The van der Waals surface area contributed by atoms with E-state index in [1.165, 1.54) is 6.07 Å². The molecule has 1 unspecified atom stereocenters. The lowest BCUT2D eigenvalue weighted by Crippen LogP contribution is -2.30. The summed E-state index contributed by atoms with van der Waals surface area (Å²) in [5.41, 5.74) is -0.838. The van der Waals surface area contributed by atoms with E-state index in [0.717, 1.165) is 18.4 Å². The predicted octanol–water partition coefficient (Wildman–Crippen LogP) is 2.27. The Morgan fingerprint density at radius 2 is 2.30 bits per heavy atom. The maximum atomic E-state index is 11.1.